The largest absolute Gasteiger partial charge is 0.356 e. The summed E-state index contributed by atoms with van der Waals surface area (Å²) in [7, 11) is 0. The first-order chi connectivity index (χ1) is 9.09. The zero-order valence-corrected chi connectivity index (χ0v) is 12.3. The van der Waals surface area contributed by atoms with Crippen LogP contribution in [0.5, 0.6) is 0 Å². The highest BCUT2D eigenvalue weighted by Gasteiger charge is 2.34. The predicted molar refractivity (Wildman–Crippen MR) is 77.9 cm³/mol. The number of nitrogens with zero attached hydrogens (tertiary/aromatic N) is 1. The summed E-state index contributed by atoms with van der Waals surface area (Å²) in [5.74, 6) is 0.133. The van der Waals surface area contributed by atoms with Crippen LogP contribution >= 0.6 is 0 Å². The first-order valence-corrected chi connectivity index (χ1v) is 7.89. The molecule has 1 heterocycles. The van der Waals surface area contributed by atoms with Crippen LogP contribution in [0.1, 0.15) is 58.3 Å². The number of carbonyl (C=O) groups is 1. The van der Waals surface area contributed by atoms with Gasteiger partial charge in [0.2, 0.25) is 5.91 Å². The smallest absolute Gasteiger partial charge is 0.221 e. The van der Waals surface area contributed by atoms with E-state index in [0.717, 1.165) is 32.4 Å². The van der Waals surface area contributed by atoms with Crippen molar-refractivity contribution in [3.63, 3.8) is 0 Å². The standard InChI is InChI=1S/C15H29N3O/c1-13-6-2-3-10-18(13)11-5-9-17-14(19)12-15(16)7-4-8-15/h13H,2-12,16H2,1H3,(H,17,19). The van der Waals surface area contributed by atoms with E-state index in [4.69, 9.17) is 5.73 Å². The van der Waals surface area contributed by atoms with Gasteiger partial charge in [-0.25, -0.2) is 0 Å². The molecule has 2 rings (SSSR count). The van der Waals surface area contributed by atoms with Crippen LogP contribution in [0, 0.1) is 0 Å². The number of carbonyl (C=O) groups excluding carboxylic acids is 1. The lowest BCUT2D eigenvalue weighted by Gasteiger charge is -2.37. The summed E-state index contributed by atoms with van der Waals surface area (Å²) in [6.45, 7) is 5.43. The van der Waals surface area contributed by atoms with Crippen molar-refractivity contribution in [3.8, 4) is 0 Å². The van der Waals surface area contributed by atoms with Gasteiger partial charge in [0.1, 0.15) is 0 Å². The third-order valence-electron chi connectivity index (χ3n) is 4.75. The van der Waals surface area contributed by atoms with Gasteiger partial charge in [0.25, 0.3) is 0 Å². The topological polar surface area (TPSA) is 58.4 Å². The maximum atomic E-state index is 11.8. The minimum absolute atomic E-state index is 0.133. The molecule has 1 saturated heterocycles. The highest BCUT2D eigenvalue weighted by atomic mass is 16.1. The molecule has 19 heavy (non-hydrogen) atoms. The summed E-state index contributed by atoms with van der Waals surface area (Å²) in [6.07, 6.45) is 8.76. The van der Waals surface area contributed by atoms with Crippen molar-refractivity contribution < 1.29 is 4.79 Å². The molecule has 1 atom stereocenters. The molecule has 110 valence electrons. The van der Waals surface area contributed by atoms with Crippen LogP contribution in [0.15, 0.2) is 0 Å². The van der Waals surface area contributed by atoms with Crippen molar-refractivity contribution >= 4 is 5.91 Å². The van der Waals surface area contributed by atoms with Crippen LogP contribution in [-0.2, 0) is 4.79 Å². The average molecular weight is 267 g/mol. The molecule has 3 N–H and O–H groups in total. The molecule has 2 aliphatic rings. The van der Waals surface area contributed by atoms with E-state index in [1.54, 1.807) is 0 Å². The van der Waals surface area contributed by atoms with E-state index in [1.165, 1.54) is 32.2 Å². The van der Waals surface area contributed by atoms with Gasteiger partial charge in [0.05, 0.1) is 0 Å². The summed E-state index contributed by atoms with van der Waals surface area (Å²) in [4.78, 5) is 14.3. The molecule has 1 unspecified atom stereocenters. The van der Waals surface area contributed by atoms with E-state index in [2.05, 4.69) is 17.1 Å². The second kappa shape index (κ2) is 6.71. The molecule has 0 aromatic carbocycles. The fourth-order valence-electron chi connectivity index (χ4n) is 3.19. The van der Waals surface area contributed by atoms with E-state index >= 15 is 0 Å². The molecule has 0 aromatic rings. The minimum Gasteiger partial charge on any atom is -0.356 e. The number of rotatable bonds is 6. The van der Waals surface area contributed by atoms with Gasteiger partial charge in [-0.2, -0.15) is 0 Å². The van der Waals surface area contributed by atoms with Gasteiger partial charge >= 0.3 is 0 Å². The molecule has 1 aliphatic carbocycles. The number of hydrogen-bond acceptors (Lipinski definition) is 3. The quantitative estimate of drug-likeness (QED) is 0.719. The molecule has 0 aromatic heterocycles. The Hall–Kier alpha value is -0.610. The SMILES string of the molecule is CC1CCCCN1CCCNC(=O)CC1(N)CCC1. The monoisotopic (exact) mass is 267 g/mol. The molecule has 2 fully saturated rings. The first-order valence-electron chi connectivity index (χ1n) is 7.89. The first kappa shape index (κ1) is 14.8. The van der Waals surface area contributed by atoms with Crippen LogP contribution in [0.25, 0.3) is 0 Å². The van der Waals surface area contributed by atoms with Gasteiger partial charge < -0.3 is 16.0 Å². The number of amides is 1. The van der Waals surface area contributed by atoms with E-state index in [0.29, 0.717) is 12.5 Å². The molecule has 0 radical (unpaired) electrons. The Labute approximate surface area is 117 Å². The lowest BCUT2D eigenvalue weighted by atomic mass is 9.75. The van der Waals surface area contributed by atoms with Gasteiger partial charge in [-0.05, 0) is 52.0 Å². The summed E-state index contributed by atoms with van der Waals surface area (Å²) >= 11 is 0. The predicted octanol–water partition coefficient (Wildman–Crippen LogP) is 1.64. The number of nitrogens with two attached hydrogens (primary N) is 1. The number of likely N-dealkylation sites (tertiary alicyclic amines) is 1. The van der Waals surface area contributed by atoms with E-state index in [-0.39, 0.29) is 11.4 Å². The molecule has 4 nitrogen and oxygen atoms in total. The van der Waals surface area contributed by atoms with E-state index in [1.807, 2.05) is 0 Å². The lowest BCUT2D eigenvalue weighted by Crippen LogP contribution is -2.50. The van der Waals surface area contributed by atoms with Crippen LogP contribution in [-0.4, -0.2) is 42.0 Å². The summed E-state index contributed by atoms with van der Waals surface area (Å²) in [5.41, 5.74) is 5.88. The minimum atomic E-state index is -0.189. The zero-order chi connectivity index (χ0) is 13.7. The molecule has 0 spiro atoms. The van der Waals surface area contributed by atoms with E-state index < -0.39 is 0 Å². The van der Waals surface area contributed by atoms with Crippen LogP contribution < -0.4 is 11.1 Å². The Balaban J connectivity index is 1.54. The molecule has 4 heteroatoms. The number of nitrogens with one attached hydrogen (secondary N) is 1. The van der Waals surface area contributed by atoms with Crippen molar-refractivity contribution in [1.82, 2.24) is 10.2 Å². The van der Waals surface area contributed by atoms with Gasteiger partial charge in [-0.1, -0.05) is 6.42 Å². The molecular weight excluding hydrogens is 238 g/mol. The second-order valence-electron chi connectivity index (χ2n) is 6.48. The maximum absolute atomic E-state index is 11.8. The fourth-order valence-corrected chi connectivity index (χ4v) is 3.19. The van der Waals surface area contributed by atoms with Gasteiger partial charge in [-0.3, -0.25) is 4.79 Å². The van der Waals surface area contributed by atoms with Crippen molar-refractivity contribution in [2.45, 2.75) is 69.9 Å². The third-order valence-corrected chi connectivity index (χ3v) is 4.75. The molecule has 1 aliphatic heterocycles. The highest BCUT2D eigenvalue weighted by molar-refractivity contribution is 5.77. The Morgan fingerprint density at radius 1 is 1.37 bits per heavy atom. The van der Waals surface area contributed by atoms with Gasteiger partial charge in [0, 0.05) is 31.1 Å². The summed E-state index contributed by atoms with van der Waals surface area (Å²) < 4.78 is 0. The number of hydrogen-bond donors (Lipinski definition) is 2. The third kappa shape index (κ3) is 4.46. The molecule has 1 saturated carbocycles. The highest BCUT2D eigenvalue weighted by Crippen LogP contribution is 2.31. The summed E-state index contributed by atoms with van der Waals surface area (Å²) in [6, 6.07) is 0.715. The Morgan fingerprint density at radius 3 is 2.79 bits per heavy atom. The lowest BCUT2D eigenvalue weighted by molar-refractivity contribution is -0.123. The Bertz CT molecular complexity index is 302. The van der Waals surface area contributed by atoms with Gasteiger partial charge in [-0.15, -0.1) is 0 Å². The molecule has 0 bridgehead atoms. The average Bonchev–Trinajstić information content (AvgIpc) is 2.34. The van der Waals surface area contributed by atoms with Crippen LogP contribution in [0.3, 0.4) is 0 Å². The zero-order valence-electron chi connectivity index (χ0n) is 12.3. The van der Waals surface area contributed by atoms with Crippen LogP contribution in [0.4, 0.5) is 0 Å². The summed E-state index contributed by atoms with van der Waals surface area (Å²) in [5, 5.41) is 3.02. The number of piperidine rings is 1. The van der Waals surface area contributed by atoms with Crippen molar-refractivity contribution in [2.75, 3.05) is 19.6 Å². The Morgan fingerprint density at radius 2 is 2.16 bits per heavy atom. The second-order valence-corrected chi connectivity index (χ2v) is 6.48. The van der Waals surface area contributed by atoms with Crippen molar-refractivity contribution in [2.24, 2.45) is 5.73 Å². The normalized spacial score (nSPS) is 26.7. The molecular formula is C15H29N3O. The van der Waals surface area contributed by atoms with Crippen molar-refractivity contribution in [3.05, 3.63) is 0 Å². The van der Waals surface area contributed by atoms with Gasteiger partial charge in [0.15, 0.2) is 0 Å². The maximum Gasteiger partial charge on any atom is 0.221 e. The van der Waals surface area contributed by atoms with Crippen molar-refractivity contribution in [1.29, 1.82) is 0 Å². The Kier molecular flexibility index (Phi) is 5.22. The van der Waals surface area contributed by atoms with E-state index in [9.17, 15) is 4.79 Å². The molecule has 1 amide bonds. The van der Waals surface area contributed by atoms with Crippen LogP contribution in [0.2, 0.25) is 0 Å². The fraction of sp³-hybridized carbons (Fsp3) is 0.933.